The standard InChI is InChI=1S/C10H15NO3S/c1-7(5-12)4-11-10(13)9-3-8(14-2)6-15-9/h3,6-7,12H,4-5H2,1-2H3,(H,11,13). The van der Waals surface area contributed by atoms with Gasteiger partial charge in [-0.1, -0.05) is 6.92 Å². The van der Waals surface area contributed by atoms with Gasteiger partial charge < -0.3 is 15.2 Å². The molecule has 84 valence electrons. The summed E-state index contributed by atoms with van der Waals surface area (Å²) in [4.78, 5) is 12.2. The van der Waals surface area contributed by atoms with Gasteiger partial charge in [0.2, 0.25) is 0 Å². The van der Waals surface area contributed by atoms with Crippen molar-refractivity contribution in [2.75, 3.05) is 20.3 Å². The smallest absolute Gasteiger partial charge is 0.261 e. The van der Waals surface area contributed by atoms with Crippen molar-refractivity contribution in [2.45, 2.75) is 6.92 Å². The second kappa shape index (κ2) is 5.72. The number of carbonyl (C=O) groups is 1. The Kier molecular flexibility index (Phi) is 4.58. The molecule has 0 saturated heterocycles. The van der Waals surface area contributed by atoms with E-state index in [2.05, 4.69) is 5.32 Å². The zero-order valence-electron chi connectivity index (χ0n) is 8.82. The first-order valence-corrected chi connectivity index (χ1v) is 5.57. The Balaban J connectivity index is 2.46. The largest absolute Gasteiger partial charge is 0.496 e. The summed E-state index contributed by atoms with van der Waals surface area (Å²) in [6, 6.07) is 1.70. The zero-order valence-corrected chi connectivity index (χ0v) is 9.63. The van der Waals surface area contributed by atoms with E-state index in [1.807, 2.05) is 6.92 Å². The first kappa shape index (κ1) is 12.0. The van der Waals surface area contributed by atoms with Crippen molar-refractivity contribution in [1.29, 1.82) is 0 Å². The molecule has 0 spiro atoms. The Labute approximate surface area is 92.9 Å². The predicted molar refractivity (Wildman–Crippen MR) is 59.5 cm³/mol. The number of carbonyl (C=O) groups excluding carboxylic acids is 1. The van der Waals surface area contributed by atoms with Crippen LogP contribution in [0.15, 0.2) is 11.4 Å². The second-order valence-corrected chi connectivity index (χ2v) is 4.26. The molecule has 1 heterocycles. The highest BCUT2D eigenvalue weighted by molar-refractivity contribution is 7.12. The molecular weight excluding hydrogens is 214 g/mol. The molecule has 0 bridgehead atoms. The molecule has 1 unspecified atom stereocenters. The zero-order chi connectivity index (χ0) is 11.3. The summed E-state index contributed by atoms with van der Waals surface area (Å²) in [6.45, 7) is 2.43. The maximum atomic E-state index is 11.6. The number of methoxy groups -OCH3 is 1. The lowest BCUT2D eigenvalue weighted by Gasteiger charge is -2.08. The van der Waals surface area contributed by atoms with E-state index in [4.69, 9.17) is 9.84 Å². The molecule has 0 saturated carbocycles. The van der Waals surface area contributed by atoms with Gasteiger partial charge >= 0.3 is 0 Å². The topological polar surface area (TPSA) is 58.6 Å². The Morgan fingerprint density at radius 2 is 2.47 bits per heavy atom. The van der Waals surface area contributed by atoms with Crippen molar-refractivity contribution in [3.05, 3.63) is 16.3 Å². The third kappa shape index (κ3) is 3.53. The number of hydrogen-bond acceptors (Lipinski definition) is 4. The molecule has 15 heavy (non-hydrogen) atoms. The summed E-state index contributed by atoms with van der Waals surface area (Å²) in [7, 11) is 1.57. The minimum atomic E-state index is -0.122. The van der Waals surface area contributed by atoms with Crippen LogP contribution in [0.25, 0.3) is 0 Å². The van der Waals surface area contributed by atoms with Gasteiger partial charge in [0, 0.05) is 24.6 Å². The number of ether oxygens (including phenoxy) is 1. The molecule has 0 aromatic carbocycles. The Morgan fingerprint density at radius 3 is 3.00 bits per heavy atom. The van der Waals surface area contributed by atoms with E-state index >= 15 is 0 Å². The molecule has 1 amide bonds. The minimum absolute atomic E-state index is 0.0774. The predicted octanol–water partition coefficient (Wildman–Crippen LogP) is 1.11. The molecule has 4 nitrogen and oxygen atoms in total. The normalized spacial score (nSPS) is 12.2. The molecule has 1 aromatic rings. The van der Waals surface area contributed by atoms with Crippen molar-refractivity contribution >= 4 is 17.2 Å². The van der Waals surface area contributed by atoms with E-state index in [-0.39, 0.29) is 18.4 Å². The minimum Gasteiger partial charge on any atom is -0.496 e. The average Bonchev–Trinajstić information content (AvgIpc) is 2.73. The van der Waals surface area contributed by atoms with Gasteiger partial charge in [-0.25, -0.2) is 0 Å². The van der Waals surface area contributed by atoms with Crippen LogP contribution in [0.3, 0.4) is 0 Å². The van der Waals surface area contributed by atoms with Gasteiger partial charge in [-0.05, 0) is 5.92 Å². The molecule has 1 atom stereocenters. The Morgan fingerprint density at radius 1 is 1.73 bits per heavy atom. The van der Waals surface area contributed by atoms with Gasteiger partial charge in [0.1, 0.15) is 5.75 Å². The van der Waals surface area contributed by atoms with Crippen LogP contribution in [0.2, 0.25) is 0 Å². The summed E-state index contributed by atoms with van der Waals surface area (Å²) < 4.78 is 4.98. The lowest BCUT2D eigenvalue weighted by Crippen LogP contribution is -2.28. The summed E-state index contributed by atoms with van der Waals surface area (Å²) in [5.41, 5.74) is 0. The number of amides is 1. The van der Waals surface area contributed by atoms with E-state index in [1.54, 1.807) is 18.6 Å². The van der Waals surface area contributed by atoms with E-state index in [1.165, 1.54) is 11.3 Å². The molecule has 0 aliphatic rings. The van der Waals surface area contributed by atoms with Gasteiger partial charge in [-0.2, -0.15) is 0 Å². The molecule has 2 N–H and O–H groups in total. The van der Waals surface area contributed by atoms with E-state index < -0.39 is 0 Å². The fraction of sp³-hybridized carbons (Fsp3) is 0.500. The quantitative estimate of drug-likeness (QED) is 0.795. The highest BCUT2D eigenvalue weighted by Gasteiger charge is 2.10. The maximum absolute atomic E-state index is 11.6. The van der Waals surface area contributed by atoms with Crippen LogP contribution >= 0.6 is 11.3 Å². The lowest BCUT2D eigenvalue weighted by molar-refractivity contribution is 0.0946. The molecule has 1 aromatic heterocycles. The van der Waals surface area contributed by atoms with Crippen LogP contribution in [0, 0.1) is 5.92 Å². The first-order valence-electron chi connectivity index (χ1n) is 4.69. The number of nitrogens with one attached hydrogen (secondary N) is 1. The Hall–Kier alpha value is -1.07. The number of thiophene rings is 1. The van der Waals surface area contributed by atoms with Gasteiger partial charge in [0.05, 0.1) is 12.0 Å². The molecule has 0 aliphatic carbocycles. The van der Waals surface area contributed by atoms with Crippen LogP contribution in [-0.4, -0.2) is 31.3 Å². The summed E-state index contributed by atoms with van der Waals surface area (Å²) in [5, 5.41) is 13.3. The first-order chi connectivity index (χ1) is 7.17. The molecule has 5 heteroatoms. The second-order valence-electron chi connectivity index (χ2n) is 3.35. The van der Waals surface area contributed by atoms with Crippen molar-refractivity contribution < 1.29 is 14.6 Å². The number of hydrogen-bond donors (Lipinski definition) is 2. The molecule has 1 rings (SSSR count). The van der Waals surface area contributed by atoms with Gasteiger partial charge in [-0.3, -0.25) is 4.79 Å². The average molecular weight is 229 g/mol. The summed E-state index contributed by atoms with van der Waals surface area (Å²) in [5.74, 6) is 0.653. The van der Waals surface area contributed by atoms with E-state index in [9.17, 15) is 4.79 Å². The van der Waals surface area contributed by atoms with E-state index in [0.29, 0.717) is 17.2 Å². The third-order valence-electron chi connectivity index (χ3n) is 1.96. The number of rotatable bonds is 5. The van der Waals surface area contributed by atoms with Gasteiger partial charge in [0.15, 0.2) is 0 Å². The lowest BCUT2D eigenvalue weighted by atomic mass is 10.2. The molecule has 0 fully saturated rings. The number of aliphatic hydroxyl groups excluding tert-OH is 1. The summed E-state index contributed by atoms with van der Waals surface area (Å²) >= 11 is 1.34. The van der Waals surface area contributed by atoms with Crippen molar-refractivity contribution in [2.24, 2.45) is 5.92 Å². The highest BCUT2D eigenvalue weighted by Crippen LogP contribution is 2.20. The highest BCUT2D eigenvalue weighted by atomic mass is 32.1. The van der Waals surface area contributed by atoms with Gasteiger partial charge in [-0.15, -0.1) is 11.3 Å². The SMILES string of the molecule is COc1csc(C(=O)NCC(C)CO)c1. The number of aliphatic hydroxyl groups is 1. The molecule has 0 aliphatic heterocycles. The van der Waals surface area contributed by atoms with Crippen LogP contribution < -0.4 is 10.1 Å². The monoisotopic (exact) mass is 229 g/mol. The van der Waals surface area contributed by atoms with Crippen LogP contribution in [0.4, 0.5) is 0 Å². The fourth-order valence-electron chi connectivity index (χ4n) is 0.964. The van der Waals surface area contributed by atoms with E-state index in [0.717, 1.165) is 0 Å². The van der Waals surface area contributed by atoms with Crippen molar-refractivity contribution in [3.8, 4) is 5.75 Å². The molecule has 0 radical (unpaired) electrons. The fourth-order valence-corrected chi connectivity index (χ4v) is 1.73. The van der Waals surface area contributed by atoms with Crippen LogP contribution in [0.1, 0.15) is 16.6 Å². The van der Waals surface area contributed by atoms with Crippen molar-refractivity contribution in [1.82, 2.24) is 5.32 Å². The Bertz CT molecular complexity index is 324. The van der Waals surface area contributed by atoms with Gasteiger partial charge in [0.25, 0.3) is 5.91 Å². The maximum Gasteiger partial charge on any atom is 0.261 e. The van der Waals surface area contributed by atoms with Crippen LogP contribution in [0.5, 0.6) is 5.75 Å². The third-order valence-corrected chi connectivity index (χ3v) is 2.86. The van der Waals surface area contributed by atoms with Crippen LogP contribution in [-0.2, 0) is 0 Å². The molecular formula is C10H15NO3S. The van der Waals surface area contributed by atoms with Crippen molar-refractivity contribution in [3.63, 3.8) is 0 Å². The summed E-state index contributed by atoms with van der Waals surface area (Å²) in [6.07, 6.45) is 0.